The van der Waals surface area contributed by atoms with Crippen molar-refractivity contribution in [3.63, 3.8) is 0 Å². The second kappa shape index (κ2) is 6.25. The van der Waals surface area contributed by atoms with Gasteiger partial charge in [-0.25, -0.2) is 0 Å². The van der Waals surface area contributed by atoms with E-state index in [-0.39, 0.29) is 0 Å². The van der Waals surface area contributed by atoms with Crippen LogP contribution in [0.15, 0.2) is 24.3 Å². The Balaban J connectivity index is 1.91. The fourth-order valence-corrected chi connectivity index (χ4v) is 2.61. The van der Waals surface area contributed by atoms with Gasteiger partial charge in [-0.15, -0.1) is 0 Å². The Hall–Kier alpha value is -1.57. The minimum absolute atomic E-state index is 0.453. The quantitative estimate of drug-likeness (QED) is 0.904. The van der Waals surface area contributed by atoms with E-state index in [1.54, 1.807) is 0 Å². The molecular weight excluding hydrogens is 248 g/mol. The molecule has 2 rings (SSSR count). The minimum Gasteiger partial charge on any atom is -0.369 e. The minimum atomic E-state index is -0.453. The number of rotatable bonds is 4. The first-order valence-corrected chi connectivity index (χ1v) is 7.20. The molecule has 1 aromatic rings. The maximum Gasteiger partial charge on any atom is 0.116 e. The van der Waals surface area contributed by atoms with Crippen LogP contribution < -0.4 is 10.2 Å². The molecule has 4 nitrogen and oxygen atoms in total. The SMILES string of the molecule is CNC(C)(C#N)CN1CCN(c2cccc(C)c2)CC1. The van der Waals surface area contributed by atoms with Crippen LogP contribution in [0.25, 0.3) is 0 Å². The van der Waals surface area contributed by atoms with Gasteiger partial charge >= 0.3 is 0 Å². The lowest BCUT2D eigenvalue weighted by Crippen LogP contribution is -2.54. The molecule has 0 radical (unpaired) electrons. The van der Waals surface area contributed by atoms with Crippen molar-refractivity contribution in [1.82, 2.24) is 10.2 Å². The van der Waals surface area contributed by atoms with Crippen molar-refractivity contribution in [2.24, 2.45) is 0 Å². The number of nitrogens with one attached hydrogen (secondary N) is 1. The molecule has 0 spiro atoms. The smallest absolute Gasteiger partial charge is 0.116 e. The number of nitriles is 1. The number of nitrogens with zero attached hydrogens (tertiary/aromatic N) is 3. The molecule has 0 amide bonds. The van der Waals surface area contributed by atoms with Crippen LogP contribution in [0.4, 0.5) is 5.69 Å². The van der Waals surface area contributed by atoms with E-state index in [1.807, 2.05) is 14.0 Å². The Labute approximate surface area is 122 Å². The van der Waals surface area contributed by atoms with Gasteiger partial charge < -0.3 is 10.2 Å². The monoisotopic (exact) mass is 272 g/mol. The van der Waals surface area contributed by atoms with Crippen molar-refractivity contribution >= 4 is 5.69 Å². The first-order valence-electron chi connectivity index (χ1n) is 7.20. The van der Waals surface area contributed by atoms with E-state index in [0.717, 1.165) is 32.7 Å². The summed E-state index contributed by atoms with van der Waals surface area (Å²) in [7, 11) is 1.85. The van der Waals surface area contributed by atoms with Gasteiger partial charge in [0.15, 0.2) is 0 Å². The third-order valence-electron chi connectivity index (χ3n) is 4.08. The van der Waals surface area contributed by atoms with Crippen molar-refractivity contribution < 1.29 is 0 Å². The summed E-state index contributed by atoms with van der Waals surface area (Å²) in [5, 5.41) is 12.3. The van der Waals surface area contributed by atoms with Crippen LogP contribution in [0.3, 0.4) is 0 Å². The molecule has 0 aliphatic carbocycles. The zero-order chi connectivity index (χ0) is 14.6. The van der Waals surface area contributed by atoms with Gasteiger partial charge in [0, 0.05) is 38.4 Å². The molecule has 108 valence electrons. The molecule has 1 saturated heterocycles. The second-order valence-electron chi connectivity index (χ2n) is 5.80. The standard InChI is InChI=1S/C16H24N4/c1-14-5-4-6-15(11-14)20-9-7-19(8-10-20)13-16(2,12-17)18-3/h4-6,11,18H,7-10,13H2,1-3H3. The summed E-state index contributed by atoms with van der Waals surface area (Å²) in [6.07, 6.45) is 0. The topological polar surface area (TPSA) is 42.3 Å². The summed E-state index contributed by atoms with van der Waals surface area (Å²) in [4.78, 5) is 4.79. The fourth-order valence-electron chi connectivity index (χ4n) is 2.61. The number of benzene rings is 1. The van der Waals surface area contributed by atoms with E-state index in [0.29, 0.717) is 0 Å². The summed E-state index contributed by atoms with van der Waals surface area (Å²) in [6, 6.07) is 11.0. The molecule has 0 saturated carbocycles. The van der Waals surface area contributed by atoms with Crippen LogP contribution in [-0.2, 0) is 0 Å². The van der Waals surface area contributed by atoms with Crippen molar-refractivity contribution in [1.29, 1.82) is 5.26 Å². The normalized spacial score (nSPS) is 19.4. The van der Waals surface area contributed by atoms with Crippen LogP contribution >= 0.6 is 0 Å². The fraction of sp³-hybridized carbons (Fsp3) is 0.562. The Morgan fingerprint density at radius 3 is 2.55 bits per heavy atom. The van der Waals surface area contributed by atoms with Crippen LogP contribution in [0.2, 0.25) is 0 Å². The summed E-state index contributed by atoms with van der Waals surface area (Å²) in [5.41, 5.74) is 2.16. The molecule has 1 heterocycles. The van der Waals surface area contributed by atoms with E-state index in [9.17, 15) is 5.26 Å². The third kappa shape index (κ3) is 3.50. The lowest BCUT2D eigenvalue weighted by atomic mass is 10.0. The Morgan fingerprint density at radius 1 is 1.30 bits per heavy atom. The number of piperazine rings is 1. The summed E-state index contributed by atoms with van der Waals surface area (Å²) in [5.74, 6) is 0. The third-order valence-corrected chi connectivity index (χ3v) is 4.08. The summed E-state index contributed by atoms with van der Waals surface area (Å²) >= 11 is 0. The van der Waals surface area contributed by atoms with Crippen molar-refractivity contribution in [3.05, 3.63) is 29.8 Å². The predicted octanol–water partition coefficient (Wildman–Crippen LogP) is 1.62. The van der Waals surface area contributed by atoms with Gasteiger partial charge in [0.2, 0.25) is 0 Å². The van der Waals surface area contributed by atoms with E-state index in [2.05, 4.69) is 52.4 Å². The van der Waals surface area contributed by atoms with Gasteiger partial charge in [-0.2, -0.15) is 5.26 Å². The highest BCUT2D eigenvalue weighted by molar-refractivity contribution is 5.48. The van der Waals surface area contributed by atoms with Crippen LogP contribution in [0.5, 0.6) is 0 Å². The molecule has 1 N–H and O–H groups in total. The van der Waals surface area contributed by atoms with Crippen molar-refractivity contribution in [2.75, 3.05) is 44.7 Å². The number of anilines is 1. The molecule has 0 aromatic heterocycles. The summed E-state index contributed by atoms with van der Waals surface area (Å²) < 4.78 is 0. The lowest BCUT2D eigenvalue weighted by molar-refractivity contribution is 0.214. The first-order chi connectivity index (χ1) is 9.56. The maximum absolute atomic E-state index is 9.23. The highest BCUT2D eigenvalue weighted by Crippen LogP contribution is 2.18. The molecular formula is C16H24N4. The molecule has 1 aliphatic heterocycles. The molecule has 1 unspecified atom stereocenters. The second-order valence-corrected chi connectivity index (χ2v) is 5.80. The average molecular weight is 272 g/mol. The van der Waals surface area contributed by atoms with Gasteiger partial charge in [-0.1, -0.05) is 12.1 Å². The molecule has 1 atom stereocenters. The number of likely N-dealkylation sites (N-methyl/N-ethyl adjacent to an activating group) is 1. The Bertz CT molecular complexity index is 485. The zero-order valence-electron chi connectivity index (χ0n) is 12.7. The van der Waals surface area contributed by atoms with E-state index >= 15 is 0 Å². The zero-order valence-corrected chi connectivity index (χ0v) is 12.7. The predicted molar refractivity (Wildman–Crippen MR) is 82.9 cm³/mol. The largest absolute Gasteiger partial charge is 0.369 e. The molecule has 4 heteroatoms. The molecule has 1 fully saturated rings. The first kappa shape index (κ1) is 14.8. The van der Waals surface area contributed by atoms with Gasteiger partial charge in [-0.3, -0.25) is 4.90 Å². The number of aryl methyl sites for hydroxylation is 1. The van der Waals surface area contributed by atoms with Crippen LogP contribution in [0.1, 0.15) is 12.5 Å². The molecule has 20 heavy (non-hydrogen) atoms. The number of hydrogen-bond donors (Lipinski definition) is 1. The Morgan fingerprint density at radius 2 is 2.00 bits per heavy atom. The Kier molecular flexibility index (Phi) is 4.64. The van der Waals surface area contributed by atoms with Crippen LogP contribution in [-0.4, -0.2) is 50.2 Å². The van der Waals surface area contributed by atoms with Gasteiger partial charge in [0.05, 0.1) is 6.07 Å². The van der Waals surface area contributed by atoms with E-state index < -0.39 is 5.54 Å². The molecule has 0 bridgehead atoms. The van der Waals surface area contributed by atoms with E-state index in [4.69, 9.17) is 0 Å². The number of hydrogen-bond acceptors (Lipinski definition) is 4. The van der Waals surface area contributed by atoms with E-state index in [1.165, 1.54) is 11.3 Å². The van der Waals surface area contributed by atoms with Crippen molar-refractivity contribution in [2.45, 2.75) is 19.4 Å². The molecule has 1 aliphatic rings. The van der Waals surface area contributed by atoms with Gasteiger partial charge in [-0.05, 0) is 38.6 Å². The highest BCUT2D eigenvalue weighted by Gasteiger charge is 2.27. The van der Waals surface area contributed by atoms with Crippen LogP contribution in [0, 0.1) is 18.3 Å². The van der Waals surface area contributed by atoms with Gasteiger partial charge in [0.25, 0.3) is 0 Å². The summed E-state index contributed by atoms with van der Waals surface area (Å²) in [6.45, 7) is 8.93. The lowest BCUT2D eigenvalue weighted by Gasteiger charge is -2.38. The highest BCUT2D eigenvalue weighted by atomic mass is 15.3. The van der Waals surface area contributed by atoms with Gasteiger partial charge in [0.1, 0.15) is 5.54 Å². The van der Waals surface area contributed by atoms with Crippen molar-refractivity contribution in [3.8, 4) is 6.07 Å². The average Bonchev–Trinajstić information content (AvgIpc) is 2.48. The maximum atomic E-state index is 9.23. The molecule has 1 aromatic carbocycles.